The van der Waals surface area contributed by atoms with Gasteiger partial charge in [-0.1, -0.05) is 0 Å². The molecule has 0 radical (unpaired) electrons. The number of aryl methyl sites for hydroxylation is 1. The van der Waals surface area contributed by atoms with Crippen molar-refractivity contribution in [3.05, 3.63) is 23.8 Å². The first-order valence-corrected chi connectivity index (χ1v) is 5.73. The van der Waals surface area contributed by atoms with E-state index in [4.69, 9.17) is 11.0 Å². The number of fused-ring (bicyclic) bond motifs is 1. The van der Waals surface area contributed by atoms with Crippen molar-refractivity contribution < 1.29 is 0 Å². The number of nitrogen functional groups attached to an aromatic ring is 1. The van der Waals surface area contributed by atoms with Crippen molar-refractivity contribution in [2.24, 2.45) is 5.92 Å². The summed E-state index contributed by atoms with van der Waals surface area (Å²) in [6.07, 6.45) is 2.24. The van der Waals surface area contributed by atoms with E-state index in [1.165, 1.54) is 11.3 Å². The predicted octanol–water partition coefficient (Wildman–Crippen LogP) is 2.18. The zero-order valence-corrected chi connectivity index (χ0v) is 9.61. The largest absolute Gasteiger partial charge is 0.399 e. The second-order valence-electron chi connectivity index (χ2n) is 4.47. The first-order valence-electron chi connectivity index (χ1n) is 5.73. The molecule has 16 heavy (non-hydrogen) atoms. The van der Waals surface area contributed by atoms with Crippen LogP contribution in [0.15, 0.2) is 18.2 Å². The van der Waals surface area contributed by atoms with E-state index in [-0.39, 0.29) is 5.92 Å². The molecule has 1 aliphatic heterocycles. The van der Waals surface area contributed by atoms with Gasteiger partial charge >= 0.3 is 0 Å². The number of nitriles is 1. The molecule has 0 fully saturated rings. The minimum absolute atomic E-state index is 0.0727. The van der Waals surface area contributed by atoms with Crippen molar-refractivity contribution in [2.75, 3.05) is 23.7 Å². The third-order valence-corrected chi connectivity index (χ3v) is 3.03. The van der Waals surface area contributed by atoms with E-state index in [0.29, 0.717) is 0 Å². The van der Waals surface area contributed by atoms with Crippen molar-refractivity contribution in [1.82, 2.24) is 0 Å². The summed E-state index contributed by atoms with van der Waals surface area (Å²) in [5, 5.41) is 8.86. The van der Waals surface area contributed by atoms with Crippen molar-refractivity contribution in [2.45, 2.75) is 19.8 Å². The molecule has 2 rings (SSSR count). The molecule has 0 aliphatic carbocycles. The van der Waals surface area contributed by atoms with Gasteiger partial charge in [0.15, 0.2) is 0 Å². The molecule has 0 aromatic heterocycles. The van der Waals surface area contributed by atoms with Gasteiger partial charge in [-0.05, 0) is 43.5 Å². The molecule has 0 saturated heterocycles. The quantitative estimate of drug-likeness (QED) is 0.769. The van der Waals surface area contributed by atoms with Crippen LogP contribution in [0.5, 0.6) is 0 Å². The highest BCUT2D eigenvalue weighted by Crippen LogP contribution is 2.29. The highest BCUT2D eigenvalue weighted by Gasteiger charge is 2.18. The van der Waals surface area contributed by atoms with Gasteiger partial charge in [-0.3, -0.25) is 0 Å². The molecule has 2 N–H and O–H groups in total. The Morgan fingerprint density at radius 1 is 1.56 bits per heavy atom. The van der Waals surface area contributed by atoms with Gasteiger partial charge in [-0.15, -0.1) is 0 Å². The van der Waals surface area contributed by atoms with Crippen LogP contribution in [0.4, 0.5) is 11.4 Å². The zero-order chi connectivity index (χ0) is 11.5. The van der Waals surface area contributed by atoms with Gasteiger partial charge < -0.3 is 10.6 Å². The van der Waals surface area contributed by atoms with Crippen LogP contribution in [0, 0.1) is 17.2 Å². The summed E-state index contributed by atoms with van der Waals surface area (Å²) in [5.74, 6) is 0.0727. The highest BCUT2D eigenvalue weighted by molar-refractivity contribution is 5.61. The lowest BCUT2D eigenvalue weighted by atomic mass is 10.00. The molecule has 1 heterocycles. The Kier molecular flexibility index (Phi) is 3.00. The maximum atomic E-state index is 8.86. The number of nitrogens with zero attached hydrogens (tertiary/aromatic N) is 2. The van der Waals surface area contributed by atoms with Crippen LogP contribution in [0.3, 0.4) is 0 Å². The molecule has 1 unspecified atom stereocenters. The van der Waals surface area contributed by atoms with Crippen LogP contribution in [-0.4, -0.2) is 13.1 Å². The van der Waals surface area contributed by atoms with Gasteiger partial charge in [0.25, 0.3) is 0 Å². The average Bonchev–Trinajstić information content (AvgIpc) is 2.28. The Balaban J connectivity index is 2.23. The second kappa shape index (κ2) is 4.44. The number of hydrogen-bond donors (Lipinski definition) is 1. The Morgan fingerprint density at radius 2 is 2.38 bits per heavy atom. The molecule has 1 atom stereocenters. The Bertz CT molecular complexity index is 420. The molecule has 3 nitrogen and oxygen atoms in total. The van der Waals surface area contributed by atoms with E-state index in [2.05, 4.69) is 23.1 Å². The third-order valence-electron chi connectivity index (χ3n) is 3.03. The minimum Gasteiger partial charge on any atom is -0.399 e. The molecule has 0 bridgehead atoms. The molecular weight excluding hydrogens is 198 g/mol. The normalized spacial score (nSPS) is 16.4. The van der Waals surface area contributed by atoms with E-state index < -0.39 is 0 Å². The molecule has 0 saturated carbocycles. The van der Waals surface area contributed by atoms with Crippen LogP contribution in [0.25, 0.3) is 0 Å². The third kappa shape index (κ3) is 2.11. The number of benzene rings is 1. The summed E-state index contributed by atoms with van der Waals surface area (Å²) in [4.78, 5) is 2.30. The summed E-state index contributed by atoms with van der Waals surface area (Å²) in [6.45, 7) is 3.82. The van der Waals surface area contributed by atoms with Gasteiger partial charge in [0, 0.05) is 24.5 Å². The first kappa shape index (κ1) is 10.8. The van der Waals surface area contributed by atoms with E-state index in [9.17, 15) is 0 Å². The Morgan fingerprint density at radius 3 is 3.12 bits per heavy atom. The topological polar surface area (TPSA) is 53.0 Å². The fourth-order valence-electron chi connectivity index (χ4n) is 2.26. The molecule has 1 aliphatic rings. The molecule has 0 amide bonds. The standard InChI is InChI=1S/C13H17N3/c1-10(8-14)9-16-6-2-3-11-7-12(15)4-5-13(11)16/h4-5,7,10H,2-3,6,9,15H2,1H3. The minimum atomic E-state index is 0.0727. The van der Waals surface area contributed by atoms with Crippen LogP contribution < -0.4 is 10.6 Å². The summed E-state index contributed by atoms with van der Waals surface area (Å²) < 4.78 is 0. The zero-order valence-electron chi connectivity index (χ0n) is 9.61. The fourth-order valence-corrected chi connectivity index (χ4v) is 2.26. The summed E-state index contributed by atoms with van der Waals surface area (Å²) in [5.41, 5.74) is 9.18. The number of anilines is 2. The van der Waals surface area contributed by atoms with Crippen LogP contribution in [0.1, 0.15) is 18.9 Å². The maximum absolute atomic E-state index is 8.86. The lowest BCUT2D eigenvalue weighted by Crippen LogP contribution is -2.33. The van der Waals surface area contributed by atoms with Gasteiger partial charge in [0.1, 0.15) is 0 Å². The van der Waals surface area contributed by atoms with Crippen LogP contribution >= 0.6 is 0 Å². The first-order chi connectivity index (χ1) is 7.70. The van der Waals surface area contributed by atoms with Crippen molar-refractivity contribution in [3.63, 3.8) is 0 Å². The highest BCUT2D eigenvalue weighted by atomic mass is 15.1. The fraction of sp³-hybridized carbons (Fsp3) is 0.462. The van der Waals surface area contributed by atoms with Gasteiger partial charge in [-0.25, -0.2) is 0 Å². The van der Waals surface area contributed by atoms with E-state index in [0.717, 1.165) is 31.6 Å². The van der Waals surface area contributed by atoms with Gasteiger partial charge in [-0.2, -0.15) is 5.26 Å². The lowest BCUT2D eigenvalue weighted by molar-refractivity contribution is 0.629. The maximum Gasteiger partial charge on any atom is 0.0671 e. The SMILES string of the molecule is CC(C#N)CN1CCCc2cc(N)ccc21. The van der Waals surface area contributed by atoms with Gasteiger partial charge in [0.05, 0.1) is 12.0 Å². The van der Waals surface area contributed by atoms with Crippen molar-refractivity contribution in [3.8, 4) is 6.07 Å². The molecule has 3 heteroatoms. The molecule has 1 aromatic carbocycles. The smallest absolute Gasteiger partial charge is 0.0671 e. The summed E-state index contributed by atoms with van der Waals surface area (Å²) in [7, 11) is 0. The van der Waals surface area contributed by atoms with Gasteiger partial charge in [0.2, 0.25) is 0 Å². The Labute approximate surface area is 96.5 Å². The molecule has 1 aromatic rings. The van der Waals surface area contributed by atoms with Crippen molar-refractivity contribution >= 4 is 11.4 Å². The summed E-state index contributed by atoms with van der Waals surface area (Å²) in [6, 6.07) is 8.36. The van der Waals surface area contributed by atoms with E-state index in [1.807, 2.05) is 13.0 Å². The molecule has 0 spiro atoms. The molecule has 84 valence electrons. The number of nitrogens with two attached hydrogens (primary N) is 1. The average molecular weight is 215 g/mol. The van der Waals surface area contributed by atoms with Crippen molar-refractivity contribution in [1.29, 1.82) is 5.26 Å². The van der Waals surface area contributed by atoms with Crippen LogP contribution in [-0.2, 0) is 6.42 Å². The monoisotopic (exact) mass is 215 g/mol. The Hall–Kier alpha value is -1.69. The number of rotatable bonds is 2. The number of hydrogen-bond acceptors (Lipinski definition) is 3. The second-order valence-corrected chi connectivity index (χ2v) is 4.47. The van der Waals surface area contributed by atoms with E-state index in [1.54, 1.807) is 0 Å². The lowest BCUT2D eigenvalue weighted by Gasteiger charge is -2.32. The van der Waals surface area contributed by atoms with E-state index >= 15 is 0 Å². The predicted molar refractivity (Wildman–Crippen MR) is 66.2 cm³/mol. The molecular formula is C13H17N3. The van der Waals surface area contributed by atoms with Crippen LogP contribution in [0.2, 0.25) is 0 Å². The summed E-state index contributed by atoms with van der Waals surface area (Å²) >= 11 is 0.